The lowest BCUT2D eigenvalue weighted by molar-refractivity contribution is 0.521. The van der Waals surface area contributed by atoms with Crippen LogP contribution in [0.4, 0.5) is 0 Å². The number of nitrogens with one attached hydrogen (secondary N) is 1. The largest absolute Gasteiger partial charge is 0.469 e. The number of aromatic nitrogens is 2. The molecule has 0 bridgehead atoms. The highest BCUT2D eigenvalue weighted by Gasteiger charge is 2.17. The SMILES string of the molecule is CCn1nccc1C(NC)c1coc(C)c1. The van der Waals surface area contributed by atoms with Crippen LogP contribution < -0.4 is 5.32 Å². The first kappa shape index (κ1) is 11.0. The molecule has 0 amide bonds. The Balaban J connectivity index is 2.36. The number of rotatable bonds is 4. The summed E-state index contributed by atoms with van der Waals surface area (Å²) in [6.07, 6.45) is 3.62. The molecule has 1 N–H and O–H groups in total. The fourth-order valence-corrected chi connectivity index (χ4v) is 1.95. The minimum atomic E-state index is 0.139. The average molecular weight is 219 g/mol. The lowest BCUT2D eigenvalue weighted by Crippen LogP contribution is -2.20. The number of aryl methyl sites for hydroxylation is 2. The fraction of sp³-hybridized carbons (Fsp3) is 0.417. The van der Waals surface area contributed by atoms with E-state index < -0.39 is 0 Å². The summed E-state index contributed by atoms with van der Waals surface area (Å²) in [5.74, 6) is 0.929. The van der Waals surface area contributed by atoms with Gasteiger partial charge in [-0.1, -0.05) is 0 Å². The van der Waals surface area contributed by atoms with Crippen molar-refractivity contribution in [2.45, 2.75) is 26.4 Å². The molecule has 2 aromatic heterocycles. The molecule has 0 fully saturated rings. The molecule has 0 saturated carbocycles. The van der Waals surface area contributed by atoms with E-state index in [1.165, 1.54) is 0 Å². The van der Waals surface area contributed by atoms with Crippen molar-refractivity contribution in [3.05, 3.63) is 41.6 Å². The van der Waals surface area contributed by atoms with Crippen LogP contribution in [0.5, 0.6) is 0 Å². The Hall–Kier alpha value is -1.55. The van der Waals surface area contributed by atoms with Crippen molar-refractivity contribution in [3.8, 4) is 0 Å². The van der Waals surface area contributed by atoms with Crippen LogP contribution in [0.1, 0.15) is 30.0 Å². The summed E-state index contributed by atoms with van der Waals surface area (Å²) in [7, 11) is 1.94. The molecule has 0 spiro atoms. The molecule has 0 aromatic carbocycles. The first-order valence-corrected chi connectivity index (χ1v) is 5.50. The summed E-state index contributed by atoms with van der Waals surface area (Å²) in [5, 5.41) is 7.57. The zero-order valence-electron chi connectivity index (χ0n) is 9.90. The van der Waals surface area contributed by atoms with Gasteiger partial charge in [0.1, 0.15) is 5.76 Å². The van der Waals surface area contributed by atoms with E-state index in [2.05, 4.69) is 17.3 Å². The Kier molecular flexibility index (Phi) is 3.10. The molecule has 0 radical (unpaired) electrons. The van der Waals surface area contributed by atoms with Crippen LogP contribution in [-0.4, -0.2) is 16.8 Å². The monoisotopic (exact) mass is 219 g/mol. The van der Waals surface area contributed by atoms with Gasteiger partial charge in [0, 0.05) is 18.3 Å². The van der Waals surface area contributed by atoms with Gasteiger partial charge in [0.15, 0.2) is 0 Å². The van der Waals surface area contributed by atoms with E-state index in [1.54, 1.807) is 6.26 Å². The number of nitrogens with zero attached hydrogens (tertiary/aromatic N) is 2. The van der Waals surface area contributed by atoms with Gasteiger partial charge in [-0.05, 0) is 33.0 Å². The highest BCUT2D eigenvalue weighted by Crippen LogP contribution is 2.23. The fourth-order valence-electron chi connectivity index (χ4n) is 1.95. The van der Waals surface area contributed by atoms with E-state index in [0.29, 0.717) is 0 Å². The third-order valence-electron chi connectivity index (χ3n) is 2.72. The molecule has 1 atom stereocenters. The molecule has 1 unspecified atom stereocenters. The van der Waals surface area contributed by atoms with Gasteiger partial charge in [-0.15, -0.1) is 0 Å². The van der Waals surface area contributed by atoms with Crippen molar-refractivity contribution in [1.29, 1.82) is 0 Å². The second-order valence-electron chi connectivity index (χ2n) is 3.78. The van der Waals surface area contributed by atoms with Crippen LogP contribution in [0.15, 0.2) is 29.0 Å². The molecule has 4 heteroatoms. The maximum atomic E-state index is 5.35. The second-order valence-corrected chi connectivity index (χ2v) is 3.78. The van der Waals surface area contributed by atoms with Crippen molar-refractivity contribution in [2.75, 3.05) is 7.05 Å². The minimum Gasteiger partial charge on any atom is -0.469 e. The highest BCUT2D eigenvalue weighted by atomic mass is 16.3. The summed E-state index contributed by atoms with van der Waals surface area (Å²) < 4.78 is 7.34. The van der Waals surface area contributed by atoms with E-state index in [9.17, 15) is 0 Å². The lowest BCUT2D eigenvalue weighted by atomic mass is 10.1. The van der Waals surface area contributed by atoms with Crippen LogP contribution in [0, 0.1) is 6.92 Å². The van der Waals surface area contributed by atoms with Crippen molar-refractivity contribution in [3.63, 3.8) is 0 Å². The maximum Gasteiger partial charge on any atom is 0.101 e. The summed E-state index contributed by atoms with van der Waals surface area (Å²) in [4.78, 5) is 0. The number of hydrogen-bond donors (Lipinski definition) is 1. The molecule has 2 heterocycles. The Bertz CT molecular complexity index is 458. The van der Waals surface area contributed by atoms with Gasteiger partial charge < -0.3 is 9.73 Å². The quantitative estimate of drug-likeness (QED) is 0.856. The highest BCUT2D eigenvalue weighted by molar-refractivity contribution is 5.26. The molecule has 2 rings (SSSR count). The van der Waals surface area contributed by atoms with Crippen molar-refractivity contribution in [2.24, 2.45) is 0 Å². The van der Waals surface area contributed by atoms with Crippen LogP contribution >= 0.6 is 0 Å². The van der Waals surface area contributed by atoms with Gasteiger partial charge in [-0.2, -0.15) is 5.10 Å². The molecular weight excluding hydrogens is 202 g/mol. The van der Waals surface area contributed by atoms with Crippen molar-refractivity contribution in [1.82, 2.24) is 15.1 Å². The standard InChI is InChI=1S/C12H17N3O/c1-4-15-11(5-6-14-15)12(13-3)10-7-9(2)16-8-10/h5-8,12-13H,4H2,1-3H3. The zero-order valence-corrected chi connectivity index (χ0v) is 9.90. The van der Waals surface area contributed by atoms with Crippen LogP contribution in [0.2, 0.25) is 0 Å². The van der Waals surface area contributed by atoms with E-state index in [-0.39, 0.29) is 6.04 Å². The van der Waals surface area contributed by atoms with Gasteiger partial charge in [0.25, 0.3) is 0 Å². The minimum absolute atomic E-state index is 0.139. The number of furan rings is 1. The molecule has 16 heavy (non-hydrogen) atoms. The summed E-state index contributed by atoms with van der Waals surface area (Å²) >= 11 is 0. The van der Waals surface area contributed by atoms with Crippen LogP contribution in [-0.2, 0) is 6.54 Å². The topological polar surface area (TPSA) is 43.0 Å². The van der Waals surface area contributed by atoms with Gasteiger partial charge >= 0.3 is 0 Å². The van der Waals surface area contributed by atoms with Crippen LogP contribution in [0.3, 0.4) is 0 Å². The van der Waals surface area contributed by atoms with E-state index in [1.807, 2.05) is 37.0 Å². The predicted molar refractivity (Wildman–Crippen MR) is 62.2 cm³/mol. The van der Waals surface area contributed by atoms with Gasteiger partial charge in [-0.25, -0.2) is 0 Å². The Morgan fingerprint density at radius 2 is 2.38 bits per heavy atom. The average Bonchev–Trinajstić information content (AvgIpc) is 2.89. The van der Waals surface area contributed by atoms with Gasteiger partial charge in [0.2, 0.25) is 0 Å². The second kappa shape index (κ2) is 4.53. The molecular formula is C12H17N3O. The Morgan fingerprint density at radius 3 is 2.94 bits per heavy atom. The van der Waals surface area contributed by atoms with Crippen molar-refractivity contribution < 1.29 is 4.42 Å². The zero-order chi connectivity index (χ0) is 11.5. The number of hydrogen-bond acceptors (Lipinski definition) is 3. The third kappa shape index (κ3) is 1.88. The van der Waals surface area contributed by atoms with Crippen LogP contribution in [0.25, 0.3) is 0 Å². The molecule has 86 valence electrons. The predicted octanol–water partition coefficient (Wildman–Crippen LogP) is 2.11. The normalized spacial score (nSPS) is 12.9. The maximum absolute atomic E-state index is 5.35. The van der Waals surface area contributed by atoms with E-state index >= 15 is 0 Å². The van der Waals surface area contributed by atoms with Gasteiger partial charge in [0.05, 0.1) is 18.0 Å². The molecule has 4 nitrogen and oxygen atoms in total. The van der Waals surface area contributed by atoms with Gasteiger partial charge in [-0.3, -0.25) is 4.68 Å². The molecule has 0 aliphatic carbocycles. The molecule has 0 aliphatic rings. The van der Waals surface area contributed by atoms with E-state index in [0.717, 1.165) is 23.6 Å². The Labute approximate surface area is 95.3 Å². The van der Waals surface area contributed by atoms with Crippen molar-refractivity contribution >= 4 is 0 Å². The summed E-state index contributed by atoms with van der Waals surface area (Å²) in [5.41, 5.74) is 2.29. The summed E-state index contributed by atoms with van der Waals surface area (Å²) in [6, 6.07) is 4.22. The molecule has 0 saturated heterocycles. The molecule has 2 aromatic rings. The Morgan fingerprint density at radius 1 is 1.56 bits per heavy atom. The summed E-state index contributed by atoms with van der Waals surface area (Å²) in [6.45, 7) is 4.91. The molecule has 0 aliphatic heterocycles. The first-order chi connectivity index (χ1) is 7.76. The third-order valence-corrected chi connectivity index (χ3v) is 2.72. The lowest BCUT2D eigenvalue weighted by Gasteiger charge is -2.15. The van der Waals surface area contributed by atoms with E-state index in [4.69, 9.17) is 4.42 Å². The smallest absolute Gasteiger partial charge is 0.101 e. The first-order valence-electron chi connectivity index (χ1n) is 5.50.